The predicted molar refractivity (Wildman–Crippen MR) is 87.9 cm³/mol. The number of aryl methyl sites for hydroxylation is 1. The van der Waals surface area contributed by atoms with Gasteiger partial charge < -0.3 is 5.32 Å². The summed E-state index contributed by atoms with van der Waals surface area (Å²) < 4.78 is 38.9. The number of amides is 1. The number of halogens is 3. The second kappa shape index (κ2) is 7.63. The minimum atomic E-state index is -4.43. The lowest BCUT2D eigenvalue weighted by Gasteiger charge is -2.22. The molecule has 1 aromatic heterocycles. The van der Waals surface area contributed by atoms with Crippen molar-refractivity contribution in [1.29, 1.82) is 0 Å². The van der Waals surface area contributed by atoms with Crippen molar-refractivity contribution in [2.75, 3.05) is 0 Å². The van der Waals surface area contributed by atoms with Crippen LogP contribution in [0.1, 0.15) is 53.6 Å². The second-order valence-corrected chi connectivity index (χ2v) is 6.32. The van der Waals surface area contributed by atoms with Gasteiger partial charge in [0.05, 0.1) is 23.5 Å². The highest BCUT2D eigenvalue weighted by Gasteiger charge is 2.31. The predicted octanol–water partition coefficient (Wildman–Crippen LogP) is 4.32. The number of nitrogens with zero attached hydrogens (tertiary/aromatic N) is 2. The van der Waals surface area contributed by atoms with Crippen molar-refractivity contribution in [3.63, 3.8) is 0 Å². The van der Waals surface area contributed by atoms with Crippen molar-refractivity contribution in [1.82, 2.24) is 15.3 Å². The molecule has 1 atom stereocenters. The Labute approximate surface area is 144 Å². The zero-order valence-corrected chi connectivity index (χ0v) is 14.3. The van der Waals surface area contributed by atoms with Crippen LogP contribution >= 0.6 is 0 Å². The summed E-state index contributed by atoms with van der Waals surface area (Å²) in [6.07, 6.45) is -1.10. The van der Waals surface area contributed by atoms with Gasteiger partial charge in [-0.3, -0.25) is 9.78 Å². The highest BCUT2D eigenvalue weighted by molar-refractivity contribution is 5.92. The Morgan fingerprint density at radius 2 is 1.92 bits per heavy atom. The Balaban J connectivity index is 2.27. The molecule has 1 amide bonds. The molecular formula is C18H20F3N3O. The molecule has 1 N–H and O–H groups in total. The van der Waals surface area contributed by atoms with Gasteiger partial charge in [-0.25, -0.2) is 4.98 Å². The van der Waals surface area contributed by atoms with Crippen LogP contribution in [0.3, 0.4) is 0 Å². The van der Waals surface area contributed by atoms with Gasteiger partial charge in [0.2, 0.25) is 0 Å². The topological polar surface area (TPSA) is 54.9 Å². The van der Waals surface area contributed by atoms with Gasteiger partial charge in [0, 0.05) is 6.20 Å². The van der Waals surface area contributed by atoms with E-state index in [1.165, 1.54) is 18.5 Å². The Hall–Kier alpha value is -2.44. The van der Waals surface area contributed by atoms with Crippen molar-refractivity contribution in [3.8, 4) is 0 Å². The van der Waals surface area contributed by atoms with E-state index < -0.39 is 23.7 Å². The minimum absolute atomic E-state index is 0.131. The third-order valence-electron chi connectivity index (χ3n) is 3.64. The fourth-order valence-electron chi connectivity index (χ4n) is 2.42. The van der Waals surface area contributed by atoms with E-state index in [0.717, 1.165) is 12.1 Å². The number of carbonyl (C=O) groups excluding carboxylic acids is 1. The summed E-state index contributed by atoms with van der Waals surface area (Å²) in [4.78, 5) is 20.4. The van der Waals surface area contributed by atoms with E-state index in [4.69, 9.17) is 0 Å². The third kappa shape index (κ3) is 5.27. The number of alkyl halides is 3. The van der Waals surface area contributed by atoms with Crippen LogP contribution in [0.4, 0.5) is 13.2 Å². The number of hydrogen-bond donors (Lipinski definition) is 1. The first kappa shape index (κ1) is 18.9. The second-order valence-electron chi connectivity index (χ2n) is 6.32. The molecule has 0 aliphatic heterocycles. The Bertz CT molecular complexity index is 727. The maximum absolute atomic E-state index is 13.0. The standard InChI is InChI=1S/C18H20F3N3O/c1-11(2)7-15(13-5-4-6-14(8-13)18(19,20)21)24-17(25)16-10-22-12(3)9-23-16/h4-6,8-11,15H,7H2,1-3H3,(H,24,25)/t15-/m0/s1. The van der Waals surface area contributed by atoms with Crippen molar-refractivity contribution in [3.05, 3.63) is 59.2 Å². The molecule has 1 aromatic carbocycles. The molecule has 0 saturated carbocycles. The van der Waals surface area contributed by atoms with Crippen molar-refractivity contribution in [2.45, 2.75) is 39.4 Å². The van der Waals surface area contributed by atoms with Crippen molar-refractivity contribution < 1.29 is 18.0 Å². The summed E-state index contributed by atoms with van der Waals surface area (Å²) in [5.41, 5.74) is 0.486. The average molecular weight is 351 g/mol. The minimum Gasteiger partial charge on any atom is -0.344 e. The summed E-state index contributed by atoms with van der Waals surface area (Å²) in [6.45, 7) is 5.63. The summed E-state index contributed by atoms with van der Waals surface area (Å²) in [6, 6.07) is 4.49. The van der Waals surface area contributed by atoms with Gasteiger partial charge in [-0.1, -0.05) is 26.0 Å². The number of nitrogens with one attached hydrogen (secondary N) is 1. The van der Waals surface area contributed by atoms with Crippen molar-refractivity contribution >= 4 is 5.91 Å². The van der Waals surface area contributed by atoms with E-state index in [-0.39, 0.29) is 11.6 Å². The summed E-state index contributed by atoms with van der Waals surface area (Å²) in [5.74, 6) is -0.278. The van der Waals surface area contributed by atoms with Crippen LogP contribution in [0.2, 0.25) is 0 Å². The molecule has 0 fully saturated rings. The largest absolute Gasteiger partial charge is 0.416 e. The monoisotopic (exact) mass is 351 g/mol. The van der Waals surface area contributed by atoms with Gasteiger partial charge in [-0.15, -0.1) is 0 Å². The molecule has 0 spiro atoms. The molecule has 7 heteroatoms. The van der Waals surface area contributed by atoms with Crippen LogP contribution in [0.15, 0.2) is 36.7 Å². The molecule has 0 saturated heterocycles. The maximum atomic E-state index is 13.0. The number of carbonyl (C=O) groups is 1. The van der Waals surface area contributed by atoms with E-state index >= 15 is 0 Å². The van der Waals surface area contributed by atoms with Gasteiger partial charge in [-0.05, 0) is 37.0 Å². The molecule has 0 radical (unpaired) electrons. The van der Waals surface area contributed by atoms with E-state index in [1.54, 1.807) is 13.0 Å². The Morgan fingerprint density at radius 3 is 2.48 bits per heavy atom. The van der Waals surface area contributed by atoms with E-state index in [0.29, 0.717) is 17.7 Å². The fraction of sp³-hybridized carbons (Fsp3) is 0.389. The van der Waals surface area contributed by atoms with E-state index in [1.807, 2.05) is 13.8 Å². The zero-order valence-electron chi connectivity index (χ0n) is 14.3. The number of benzene rings is 1. The first-order valence-corrected chi connectivity index (χ1v) is 7.93. The van der Waals surface area contributed by atoms with Crippen LogP contribution in [-0.2, 0) is 6.18 Å². The van der Waals surface area contributed by atoms with Crippen LogP contribution in [0, 0.1) is 12.8 Å². The zero-order chi connectivity index (χ0) is 18.6. The Kier molecular flexibility index (Phi) is 5.77. The third-order valence-corrected chi connectivity index (χ3v) is 3.64. The molecule has 0 aliphatic rings. The highest BCUT2D eigenvalue weighted by Crippen LogP contribution is 2.32. The normalized spacial score (nSPS) is 12.9. The van der Waals surface area contributed by atoms with Crippen LogP contribution < -0.4 is 5.32 Å². The summed E-state index contributed by atoms with van der Waals surface area (Å²) in [7, 11) is 0. The van der Waals surface area contributed by atoms with Gasteiger partial charge in [0.25, 0.3) is 5.91 Å². The van der Waals surface area contributed by atoms with Crippen LogP contribution in [-0.4, -0.2) is 15.9 Å². The number of aromatic nitrogens is 2. The van der Waals surface area contributed by atoms with Crippen LogP contribution in [0.25, 0.3) is 0 Å². The molecule has 0 aliphatic carbocycles. The molecule has 134 valence electrons. The van der Waals surface area contributed by atoms with E-state index in [9.17, 15) is 18.0 Å². The quantitative estimate of drug-likeness (QED) is 0.873. The molecule has 2 rings (SSSR count). The van der Waals surface area contributed by atoms with E-state index in [2.05, 4.69) is 15.3 Å². The fourth-order valence-corrected chi connectivity index (χ4v) is 2.42. The lowest BCUT2D eigenvalue weighted by Crippen LogP contribution is -2.30. The summed E-state index contributed by atoms with van der Waals surface area (Å²) in [5, 5.41) is 2.77. The lowest BCUT2D eigenvalue weighted by molar-refractivity contribution is -0.137. The maximum Gasteiger partial charge on any atom is 0.416 e. The number of rotatable bonds is 5. The first-order valence-electron chi connectivity index (χ1n) is 7.93. The number of hydrogen-bond acceptors (Lipinski definition) is 3. The lowest BCUT2D eigenvalue weighted by atomic mass is 9.95. The average Bonchev–Trinajstić information content (AvgIpc) is 2.53. The first-order chi connectivity index (χ1) is 11.7. The molecule has 25 heavy (non-hydrogen) atoms. The molecule has 1 heterocycles. The molecule has 0 unspecified atom stereocenters. The smallest absolute Gasteiger partial charge is 0.344 e. The van der Waals surface area contributed by atoms with Gasteiger partial charge in [-0.2, -0.15) is 13.2 Å². The highest BCUT2D eigenvalue weighted by atomic mass is 19.4. The summed E-state index contributed by atoms with van der Waals surface area (Å²) >= 11 is 0. The molecular weight excluding hydrogens is 331 g/mol. The van der Waals surface area contributed by atoms with Crippen molar-refractivity contribution in [2.24, 2.45) is 5.92 Å². The Morgan fingerprint density at radius 1 is 1.20 bits per heavy atom. The van der Waals surface area contributed by atoms with Gasteiger partial charge in [0.15, 0.2) is 0 Å². The van der Waals surface area contributed by atoms with Crippen LogP contribution in [0.5, 0.6) is 0 Å². The molecule has 2 aromatic rings. The molecule has 0 bridgehead atoms. The van der Waals surface area contributed by atoms with Gasteiger partial charge in [0.1, 0.15) is 5.69 Å². The molecule has 4 nitrogen and oxygen atoms in total. The van der Waals surface area contributed by atoms with Gasteiger partial charge >= 0.3 is 6.18 Å². The SMILES string of the molecule is Cc1cnc(C(=O)N[C@@H](CC(C)C)c2cccc(C(F)(F)F)c2)cn1.